The van der Waals surface area contributed by atoms with Gasteiger partial charge >= 0.3 is 0 Å². The zero-order valence-corrected chi connectivity index (χ0v) is 14.1. The van der Waals surface area contributed by atoms with Gasteiger partial charge in [-0.15, -0.1) is 0 Å². The molecule has 2 saturated heterocycles. The van der Waals surface area contributed by atoms with Gasteiger partial charge in [0.25, 0.3) is 0 Å². The van der Waals surface area contributed by atoms with Crippen LogP contribution in [0.25, 0.3) is 0 Å². The Balaban J connectivity index is 1.96. The number of sulfone groups is 1. The van der Waals surface area contributed by atoms with Crippen molar-refractivity contribution in [3.8, 4) is 0 Å². The first-order chi connectivity index (χ1) is 9.71. The van der Waals surface area contributed by atoms with Crippen LogP contribution in [0.2, 0.25) is 0 Å². The highest BCUT2D eigenvalue weighted by atomic mass is 32.2. The number of hydrogen-bond acceptors (Lipinski definition) is 5. The molecule has 0 spiro atoms. The third-order valence-corrected chi connectivity index (χ3v) is 7.82. The van der Waals surface area contributed by atoms with Crippen LogP contribution in [0.4, 0.5) is 0 Å². The normalized spacial score (nSPS) is 32.1. The highest BCUT2D eigenvalue weighted by Gasteiger charge is 2.35. The summed E-state index contributed by atoms with van der Waals surface area (Å²) in [7, 11) is -6.11. The van der Waals surface area contributed by atoms with E-state index in [1.165, 1.54) is 10.6 Å². The molecular formula is C13H25NO5S2. The molecule has 2 aliphatic rings. The molecule has 8 heteroatoms. The largest absolute Gasteiger partial charge is 0.396 e. The number of aliphatic hydroxyl groups excluding tert-OH is 1. The van der Waals surface area contributed by atoms with Gasteiger partial charge in [0.1, 0.15) is 0 Å². The summed E-state index contributed by atoms with van der Waals surface area (Å²) >= 11 is 0. The Labute approximate surface area is 127 Å². The minimum absolute atomic E-state index is 0.0183. The van der Waals surface area contributed by atoms with Gasteiger partial charge in [-0.1, -0.05) is 0 Å². The summed E-state index contributed by atoms with van der Waals surface area (Å²) in [6.07, 6.45) is 4.34. The lowest BCUT2D eigenvalue weighted by atomic mass is 9.82. The molecule has 0 radical (unpaired) electrons. The van der Waals surface area contributed by atoms with Gasteiger partial charge in [0.2, 0.25) is 10.0 Å². The van der Waals surface area contributed by atoms with Crippen molar-refractivity contribution >= 4 is 19.9 Å². The zero-order valence-electron chi connectivity index (χ0n) is 12.4. The molecule has 1 N–H and O–H groups in total. The molecule has 6 nitrogen and oxygen atoms in total. The van der Waals surface area contributed by atoms with Gasteiger partial charge in [-0.05, 0) is 43.4 Å². The van der Waals surface area contributed by atoms with Gasteiger partial charge in [-0.2, -0.15) is 0 Å². The summed E-state index contributed by atoms with van der Waals surface area (Å²) in [5, 5.41) is 9.59. The zero-order chi connectivity index (χ0) is 15.7. The number of nitrogens with zero attached hydrogens (tertiary/aromatic N) is 1. The SMILES string of the molecule is CS(=O)(=O)N1CCCC(CC(CO)C2CCS(=O)(=O)C2)C1. The van der Waals surface area contributed by atoms with Crippen LogP contribution in [0.1, 0.15) is 25.7 Å². The fraction of sp³-hybridized carbons (Fsp3) is 1.00. The quantitative estimate of drug-likeness (QED) is 0.766. The average Bonchev–Trinajstić information content (AvgIpc) is 2.75. The van der Waals surface area contributed by atoms with Crippen LogP contribution in [0.5, 0.6) is 0 Å². The van der Waals surface area contributed by atoms with E-state index in [0.717, 1.165) is 12.8 Å². The van der Waals surface area contributed by atoms with E-state index in [-0.39, 0.29) is 35.9 Å². The third kappa shape index (κ3) is 4.64. The number of hydrogen-bond donors (Lipinski definition) is 1. The Morgan fingerprint density at radius 3 is 2.57 bits per heavy atom. The number of sulfonamides is 1. The van der Waals surface area contributed by atoms with E-state index < -0.39 is 19.9 Å². The highest BCUT2D eigenvalue weighted by molar-refractivity contribution is 7.91. The predicted molar refractivity (Wildman–Crippen MR) is 81.1 cm³/mol. The molecular weight excluding hydrogens is 314 g/mol. The summed E-state index contributed by atoms with van der Waals surface area (Å²) in [6, 6.07) is 0. The van der Waals surface area contributed by atoms with Crippen molar-refractivity contribution in [2.45, 2.75) is 25.7 Å². The minimum atomic E-state index is -3.16. The minimum Gasteiger partial charge on any atom is -0.396 e. The van der Waals surface area contributed by atoms with Gasteiger partial charge in [-0.25, -0.2) is 21.1 Å². The molecule has 0 aliphatic carbocycles. The lowest BCUT2D eigenvalue weighted by Gasteiger charge is -2.33. The summed E-state index contributed by atoms with van der Waals surface area (Å²) in [5.74, 6) is 0.587. The lowest BCUT2D eigenvalue weighted by Crippen LogP contribution is -2.40. The first-order valence-corrected chi connectivity index (χ1v) is 11.1. The van der Waals surface area contributed by atoms with Crippen molar-refractivity contribution in [2.75, 3.05) is 37.5 Å². The smallest absolute Gasteiger partial charge is 0.211 e. The van der Waals surface area contributed by atoms with Crippen LogP contribution < -0.4 is 0 Å². The molecule has 0 bridgehead atoms. The Kier molecular flexibility index (Phi) is 5.33. The molecule has 3 atom stereocenters. The average molecular weight is 339 g/mol. The maximum atomic E-state index is 11.6. The van der Waals surface area contributed by atoms with Gasteiger partial charge in [0.05, 0.1) is 17.8 Å². The van der Waals surface area contributed by atoms with Crippen molar-refractivity contribution < 1.29 is 21.9 Å². The van der Waals surface area contributed by atoms with Gasteiger partial charge in [0.15, 0.2) is 9.84 Å². The molecule has 0 aromatic rings. The van der Waals surface area contributed by atoms with Crippen molar-refractivity contribution in [1.82, 2.24) is 4.31 Å². The second-order valence-corrected chi connectivity index (χ2v) is 10.7. The van der Waals surface area contributed by atoms with E-state index in [0.29, 0.717) is 25.9 Å². The maximum absolute atomic E-state index is 11.6. The van der Waals surface area contributed by atoms with Crippen LogP contribution in [-0.2, 0) is 19.9 Å². The van der Waals surface area contributed by atoms with E-state index in [4.69, 9.17) is 0 Å². The molecule has 2 heterocycles. The van der Waals surface area contributed by atoms with Crippen LogP contribution in [0.15, 0.2) is 0 Å². The van der Waals surface area contributed by atoms with Crippen LogP contribution in [0.3, 0.4) is 0 Å². The summed E-state index contributed by atoms with van der Waals surface area (Å²) in [6.45, 7) is 1.04. The van der Waals surface area contributed by atoms with Crippen molar-refractivity contribution in [3.05, 3.63) is 0 Å². The molecule has 21 heavy (non-hydrogen) atoms. The topological polar surface area (TPSA) is 91.8 Å². The maximum Gasteiger partial charge on any atom is 0.211 e. The predicted octanol–water partition coefficient (Wildman–Crippen LogP) is 0.0913. The monoisotopic (exact) mass is 339 g/mol. The fourth-order valence-corrected chi connectivity index (χ4v) is 6.42. The molecule has 2 aliphatic heterocycles. The van der Waals surface area contributed by atoms with E-state index in [1.807, 2.05) is 0 Å². The second kappa shape index (κ2) is 6.52. The molecule has 0 aromatic carbocycles. The molecule has 2 fully saturated rings. The van der Waals surface area contributed by atoms with Crippen molar-refractivity contribution in [1.29, 1.82) is 0 Å². The highest BCUT2D eigenvalue weighted by Crippen LogP contribution is 2.33. The van der Waals surface area contributed by atoms with Crippen LogP contribution >= 0.6 is 0 Å². The third-order valence-electron chi connectivity index (χ3n) is 4.76. The number of aliphatic hydroxyl groups is 1. The fourth-order valence-electron chi connectivity index (χ4n) is 3.56. The Morgan fingerprint density at radius 1 is 1.33 bits per heavy atom. The number of piperidine rings is 1. The standard InChI is InChI=1S/C13H25NO5S2/c1-20(16,17)14-5-2-3-11(8-14)7-13(9-15)12-4-6-21(18,19)10-12/h11-13,15H,2-10H2,1H3. The number of rotatable bonds is 5. The molecule has 3 unspecified atom stereocenters. The van der Waals surface area contributed by atoms with Crippen LogP contribution in [0, 0.1) is 17.8 Å². The first kappa shape index (κ1) is 17.2. The van der Waals surface area contributed by atoms with Crippen molar-refractivity contribution in [3.63, 3.8) is 0 Å². The summed E-state index contributed by atoms with van der Waals surface area (Å²) < 4.78 is 47.9. The van der Waals surface area contributed by atoms with E-state index in [9.17, 15) is 21.9 Å². The summed E-state index contributed by atoms with van der Waals surface area (Å²) in [4.78, 5) is 0. The van der Waals surface area contributed by atoms with Gasteiger partial charge < -0.3 is 5.11 Å². The summed E-state index contributed by atoms with van der Waals surface area (Å²) in [5.41, 5.74) is 0. The molecule has 0 aromatic heterocycles. The van der Waals surface area contributed by atoms with E-state index in [1.54, 1.807) is 0 Å². The Hall–Kier alpha value is -0.180. The lowest BCUT2D eigenvalue weighted by molar-refractivity contribution is 0.138. The Bertz CT molecular complexity index is 557. The first-order valence-electron chi connectivity index (χ1n) is 7.47. The Morgan fingerprint density at radius 2 is 2.05 bits per heavy atom. The van der Waals surface area contributed by atoms with E-state index in [2.05, 4.69) is 0 Å². The molecule has 0 saturated carbocycles. The van der Waals surface area contributed by atoms with E-state index >= 15 is 0 Å². The molecule has 2 rings (SSSR count). The molecule has 124 valence electrons. The second-order valence-electron chi connectivity index (χ2n) is 6.47. The van der Waals surface area contributed by atoms with Gasteiger partial charge in [-0.3, -0.25) is 0 Å². The van der Waals surface area contributed by atoms with Gasteiger partial charge in [0, 0.05) is 19.7 Å². The van der Waals surface area contributed by atoms with Crippen LogP contribution in [-0.4, -0.2) is 63.7 Å². The van der Waals surface area contributed by atoms with Crippen molar-refractivity contribution in [2.24, 2.45) is 17.8 Å². The molecule has 0 amide bonds.